The quantitative estimate of drug-likeness (QED) is 0.922. The number of nitrogens with two attached hydrogens (primary N) is 1. The van der Waals surface area contributed by atoms with E-state index in [1.54, 1.807) is 24.3 Å². The number of carbonyl (C=O) groups is 2. The maximum Gasteiger partial charge on any atom is 0.255 e. The number of primary amides is 1. The number of carbonyl (C=O) groups excluding carboxylic acids is 2. The Balaban J connectivity index is 2.45. The first kappa shape index (κ1) is 15.8. The van der Waals surface area contributed by atoms with Gasteiger partial charge < -0.3 is 10.6 Å². The number of benzene rings is 2. The highest BCUT2D eigenvalue weighted by Crippen LogP contribution is 2.25. The molecule has 2 aromatic carbocycles. The lowest BCUT2D eigenvalue weighted by Crippen LogP contribution is -2.45. The Morgan fingerprint density at radius 3 is 1.86 bits per heavy atom. The summed E-state index contributed by atoms with van der Waals surface area (Å²) in [5.74, 6) is -0.743. The van der Waals surface area contributed by atoms with Gasteiger partial charge in [0.1, 0.15) is 6.04 Å². The molecule has 2 amide bonds. The van der Waals surface area contributed by atoms with Gasteiger partial charge in [0.2, 0.25) is 5.91 Å². The van der Waals surface area contributed by atoms with Crippen LogP contribution < -0.4 is 5.73 Å². The molecule has 0 heterocycles. The topological polar surface area (TPSA) is 63.4 Å². The Bertz CT molecular complexity index is 639. The van der Waals surface area contributed by atoms with E-state index in [-0.39, 0.29) is 11.9 Å². The summed E-state index contributed by atoms with van der Waals surface area (Å²) in [5.41, 5.74) is 6.85. The van der Waals surface area contributed by atoms with Gasteiger partial charge in [-0.05, 0) is 31.5 Å². The van der Waals surface area contributed by atoms with Crippen molar-refractivity contribution in [1.29, 1.82) is 0 Å². The second-order valence-electron chi connectivity index (χ2n) is 5.39. The average molecular weight is 296 g/mol. The molecule has 0 bridgehead atoms. The summed E-state index contributed by atoms with van der Waals surface area (Å²) in [5, 5.41) is 0. The van der Waals surface area contributed by atoms with Crippen LogP contribution in [0.1, 0.15) is 35.8 Å². The van der Waals surface area contributed by atoms with Gasteiger partial charge in [0.25, 0.3) is 5.91 Å². The van der Waals surface area contributed by atoms with Crippen molar-refractivity contribution in [2.24, 2.45) is 5.73 Å². The van der Waals surface area contributed by atoms with Crippen LogP contribution in [-0.2, 0) is 4.79 Å². The molecule has 0 aromatic heterocycles. The van der Waals surface area contributed by atoms with E-state index in [9.17, 15) is 9.59 Å². The van der Waals surface area contributed by atoms with Crippen LogP contribution in [0.5, 0.6) is 0 Å². The molecule has 1 unspecified atom stereocenters. The highest BCUT2D eigenvalue weighted by atomic mass is 16.2. The van der Waals surface area contributed by atoms with Crippen molar-refractivity contribution in [2.75, 3.05) is 0 Å². The first-order valence-corrected chi connectivity index (χ1v) is 7.24. The SMILES string of the molecule is CC(C)N(C(=O)c1ccccc1)C(C(N)=O)c1ccccc1. The molecule has 1 atom stereocenters. The molecule has 0 aliphatic carbocycles. The van der Waals surface area contributed by atoms with E-state index < -0.39 is 11.9 Å². The second-order valence-corrected chi connectivity index (χ2v) is 5.39. The van der Waals surface area contributed by atoms with Crippen molar-refractivity contribution in [3.63, 3.8) is 0 Å². The molecule has 4 heteroatoms. The minimum absolute atomic E-state index is 0.162. The predicted octanol–water partition coefficient (Wildman–Crippen LogP) is 2.76. The van der Waals surface area contributed by atoms with Crippen LogP contribution in [0.4, 0.5) is 0 Å². The molecule has 0 aliphatic heterocycles. The Kier molecular flexibility index (Phi) is 4.94. The van der Waals surface area contributed by atoms with Crippen molar-refractivity contribution in [2.45, 2.75) is 25.9 Å². The van der Waals surface area contributed by atoms with Gasteiger partial charge in [-0.25, -0.2) is 0 Å². The highest BCUT2D eigenvalue weighted by Gasteiger charge is 2.32. The fourth-order valence-corrected chi connectivity index (χ4v) is 2.48. The Morgan fingerprint density at radius 2 is 1.41 bits per heavy atom. The summed E-state index contributed by atoms with van der Waals surface area (Å²) in [6.45, 7) is 3.75. The van der Waals surface area contributed by atoms with Gasteiger partial charge in [0, 0.05) is 11.6 Å². The Hall–Kier alpha value is -2.62. The lowest BCUT2D eigenvalue weighted by atomic mass is 10.0. The molecule has 2 aromatic rings. The average Bonchev–Trinajstić information content (AvgIpc) is 2.52. The van der Waals surface area contributed by atoms with Gasteiger partial charge in [-0.1, -0.05) is 48.5 Å². The maximum absolute atomic E-state index is 12.8. The van der Waals surface area contributed by atoms with Gasteiger partial charge >= 0.3 is 0 Å². The fraction of sp³-hybridized carbons (Fsp3) is 0.222. The summed E-state index contributed by atoms with van der Waals surface area (Å²) in [7, 11) is 0. The van der Waals surface area contributed by atoms with Crippen LogP contribution in [-0.4, -0.2) is 22.8 Å². The molecule has 2 N–H and O–H groups in total. The van der Waals surface area contributed by atoms with Gasteiger partial charge in [-0.2, -0.15) is 0 Å². The predicted molar refractivity (Wildman–Crippen MR) is 86.1 cm³/mol. The van der Waals surface area contributed by atoms with Crippen LogP contribution >= 0.6 is 0 Å². The van der Waals surface area contributed by atoms with E-state index in [4.69, 9.17) is 5.73 Å². The lowest BCUT2D eigenvalue weighted by Gasteiger charge is -2.33. The third-order valence-electron chi connectivity index (χ3n) is 3.47. The summed E-state index contributed by atoms with van der Waals surface area (Å²) in [6, 6.07) is 17.1. The number of nitrogens with zero attached hydrogens (tertiary/aromatic N) is 1. The zero-order valence-electron chi connectivity index (χ0n) is 12.8. The van der Waals surface area contributed by atoms with E-state index in [0.717, 1.165) is 0 Å². The first-order valence-electron chi connectivity index (χ1n) is 7.24. The third kappa shape index (κ3) is 3.34. The summed E-state index contributed by atoms with van der Waals surface area (Å²) < 4.78 is 0. The molecule has 2 rings (SSSR count). The van der Waals surface area contributed by atoms with Crippen LogP contribution in [0.15, 0.2) is 60.7 Å². The van der Waals surface area contributed by atoms with Crippen molar-refractivity contribution >= 4 is 11.8 Å². The number of amides is 2. The van der Waals surface area contributed by atoms with Crippen molar-refractivity contribution in [3.8, 4) is 0 Å². The lowest BCUT2D eigenvalue weighted by molar-refractivity contribution is -0.123. The van der Waals surface area contributed by atoms with Gasteiger partial charge in [-0.3, -0.25) is 9.59 Å². The minimum Gasteiger partial charge on any atom is -0.368 e. The summed E-state index contributed by atoms with van der Waals surface area (Å²) in [6.07, 6.45) is 0. The molecule has 0 spiro atoms. The number of hydrogen-bond acceptors (Lipinski definition) is 2. The van der Waals surface area contributed by atoms with E-state index in [1.807, 2.05) is 50.2 Å². The molecule has 0 radical (unpaired) electrons. The molecule has 0 aliphatic rings. The van der Waals surface area contributed by atoms with Crippen LogP contribution in [0.2, 0.25) is 0 Å². The van der Waals surface area contributed by atoms with Gasteiger partial charge in [0.05, 0.1) is 0 Å². The largest absolute Gasteiger partial charge is 0.368 e. The standard InChI is InChI=1S/C18H20N2O2/c1-13(2)20(18(22)15-11-7-4-8-12-15)16(17(19)21)14-9-5-3-6-10-14/h3-13,16H,1-2H3,(H2,19,21). The molecule has 114 valence electrons. The van der Waals surface area contributed by atoms with Crippen LogP contribution in [0.25, 0.3) is 0 Å². The van der Waals surface area contributed by atoms with E-state index in [2.05, 4.69) is 0 Å². The summed E-state index contributed by atoms with van der Waals surface area (Å²) in [4.78, 5) is 26.4. The monoisotopic (exact) mass is 296 g/mol. The third-order valence-corrected chi connectivity index (χ3v) is 3.47. The molecular weight excluding hydrogens is 276 g/mol. The number of hydrogen-bond donors (Lipinski definition) is 1. The molecule has 22 heavy (non-hydrogen) atoms. The molecule has 0 saturated carbocycles. The fourth-order valence-electron chi connectivity index (χ4n) is 2.48. The number of rotatable bonds is 5. The smallest absolute Gasteiger partial charge is 0.255 e. The zero-order valence-corrected chi connectivity index (χ0v) is 12.8. The zero-order chi connectivity index (χ0) is 16.1. The molecular formula is C18H20N2O2. The van der Waals surface area contributed by atoms with Gasteiger partial charge in [0.15, 0.2) is 0 Å². The molecule has 4 nitrogen and oxygen atoms in total. The first-order chi connectivity index (χ1) is 10.5. The van der Waals surface area contributed by atoms with Crippen molar-refractivity contribution in [3.05, 3.63) is 71.8 Å². The van der Waals surface area contributed by atoms with Crippen LogP contribution in [0, 0.1) is 0 Å². The second kappa shape index (κ2) is 6.89. The Morgan fingerprint density at radius 1 is 0.909 bits per heavy atom. The maximum atomic E-state index is 12.8. The van der Waals surface area contributed by atoms with Gasteiger partial charge in [-0.15, -0.1) is 0 Å². The molecule has 0 saturated heterocycles. The summed E-state index contributed by atoms with van der Waals surface area (Å²) >= 11 is 0. The normalized spacial score (nSPS) is 12.0. The van der Waals surface area contributed by atoms with Crippen LogP contribution in [0.3, 0.4) is 0 Å². The van der Waals surface area contributed by atoms with Crippen molar-refractivity contribution in [1.82, 2.24) is 4.90 Å². The minimum atomic E-state index is -0.783. The Labute approximate surface area is 130 Å². The molecule has 0 fully saturated rings. The highest BCUT2D eigenvalue weighted by molar-refractivity contribution is 5.97. The van der Waals surface area contributed by atoms with E-state index in [0.29, 0.717) is 11.1 Å². The van der Waals surface area contributed by atoms with E-state index in [1.165, 1.54) is 4.90 Å². The van der Waals surface area contributed by atoms with E-state index >= 15 is 0 Å². The van der Waals surface area contributed by atoms with Crippen molar-refractivity contribution < 1.29 is 9.59 Å².